The maximum absolute atomic E-state index is 13.9. The van der Waals surface area contributed by atoms with Gasteiger partial charge in [-0.15, -0.1) is 0 Å². The Hall–Kier alpha value is -6.04. The van der Waals surface area contributed by atoms with Crippen molar-refractivity contribution in [2.45, 2.75) is 57.5 Å². The summed E-state index contributed by atoms with van der Waals surface area (Å²) < 4.78 is 23.3. The van der Waals surface area contributed by atoms with Crippen LogP contribution in [-0.4, -0.2) is 87.7 Å². The highest BCUT2D eigenvalue weighted by atomic mass is 16.5. The fraction of sp³-hybridized carbons (Fsp3) is 0.364. The molecule has 0 bridgehead atoms. The Labute approximate surface area is 328 Å². The molecule has 0 saturated carbocycles. The van der Waals surface area contributed by atoms with Gasteiger partial charge < -0.3 is 39.8 Å². The molecule has 12 heteroatoms. The average molecular weight is 765 g/mol. The predicted octanol–water partition coefficient (Wildman–Crippen LogP) is 5.38. The third kappa shape index (κ3) is 11.7. The molecule has 296 valence electrons. The molecule has 1 heterocycles. The first-order valence-corrected chi connectivity index (χ1v) is 19.2. The zero-order valence-electron chi connectivity index (χ0n) is 32.4. The Bertz CT molecular complexity index is 1920. The number of ether oxygens (including phenoxy) is 4. The van der Waals surface area contributed by atoms with Gasteiger partial charge in [0.15, 0.2) is 11.5 Å². The van der Waals surface area contributed by atoms with Crippen LogP contribution in [0, 0.1) is 0 Å². The Kier molecular flexibility index (Phi) is 15.5. The van der Waals surface area contributed by atoms with E-state index < -0.39 is 23.9 Å². The number of hydrogen-bond donors (Lipinski definition) is 3. The number of benzene rings is 4. The molecule has 0 spiro atoms. The van der Waals surface area contributed by atoms with Crippen LogP contribution in [0.25, 0.3) is 0 Å². The molecule has 2 atom stereocenters. The molecule has 56 heavy (non-hydrogen) atoms. The number of fused-ring (bicyclic) bond motifs is 2. The molecule has 4 amide bonds. The van der Waals surface area contributed by atoms with Crippen molar-refractivity contribution in [1.82, 2.24) is 20.9 Å². The molecule has 0 unspecified atom stereocenters. The molecule has 0 fully saturated rings. The minimum Gasteiger partial charge on any atom is -0.493 e. The number of carbonyl (C=O) groups excluding carboxylic acids is 4. The normalized spacial score (nSPS) is 17.1. The summed E-state index contributed by atoms with van der Waals surface area (Å²) in [5, 5.41) is 8.77. The molecule has 1 aliphatic heterocycles. The van der Waals surface area contributed by atoms with Crippen LogP contribution in [0.15, 0.2) is 97.1 Å². The third-order valence-electron chi connectivity index (χ3n) is 9.55. The van der Waals surface area contributed by atoms with Crippen molar-refractivity contribution in [3.63, 3.8) is 0 Å². The summed E-state index contributed by atoms with van der Waals surface area (Å²) in [5.41, 5.74) is 2.67. The molecule has 0 saturated heterocycles. The maximum Gasteiger partial charge on any atom is 0.255 e. The van der Waals surface area contributed by atoms with Crippen LogP contribution in [0.5, 0.6) is 23.0 Å². The molecule has 1 aliphatic rings. The van der Waals surface area contributed by atoms with Gasteiger partial charge in [-0.05, 0) is 86.6 Å². The van der Waals surface area contributed by atoms with Crippen molar-refractivity contribution in [3.8, 4) is 23.0 Å². The number of nitrogens with zero attached hydrogens (tertiary/aromatic N) is 1. The lowest BCUT2D eigenvalue weighted by Gasteiger charge is -2.29. The minimum absolute atomic E-state index is 0.0245. The van der Waals surface area contributed by atoms with Crippen molar-refractivity contribution in [1.29, 1.82) is 0 Å². The van der Waals surface area contributed by atoms with Gasteiger partial charge in [-0.3, -0.25) is 19.2 Å². The van der Waals surface area contributed by atoms with Crippen LogP contribution < -0.4 is 34.9 Å². The maximum atomic E-state index is 13.9. The number of methoxy groups -OCH3 is 1. The van der Waals surface area contributed by atoms with Crippen LogP contribution in [0.2, 0.25) is 0 Å². The van der Waals surface area contributed by atoms with Gasteiger partial charge in [0.05, 0.1) is 37.5 Å². The number of nitrogens with one attached hydrogen (secondary N) is 3. The van der Waals surface area contributed by atoms with E-state index in [9.17, 15) is 19.2 Å². The molecule has 3 N–H and O–H groups in total. The molecule has 4 aromatic rings. The number of aryl methyl sites for hydroxylation is 1. The lowest BCUT2D eigenvalue weighted by molar-refractivity contribution is -0.133. The highest BCUT2D eigenvalue weighted by Gasteiger charge is 2.27. The van der Waals surface area contributed by atoms with Crippen LogP contribution in [0.3, 0.4) is 0 Å². The second-order valence-electron chi connectivity index (χ2n) is 13.5. The van der Waals surface area contributed by atoms with Gasteiger partial charge in [0, 0.05) is 26.6 Å². The van der Waals surface area contributed by atoms with E-state index >= 15 is 0 Å². The van der Waals surface area contributed by atoms with E-state index in [-0.39, 0.29) is 43.4 Å². The summed E-state index contributed by atoms with van der Waals surface area (Å²) in [6, 6.07) is 27.9. The molecule has 0 radical (unpaired) electrons. The lowest BCUT2D eigenvalue weighted by atomic mass is 10.0. The quantitative estimate of drug-likeness (QED) is 0.183. The first kappa shape index (κ1) is 41.1. The van der Waals surface area contributed by atoms with Gasteiger partial charge in [0.2, 0.25) is 11.8 Å². The first-order chi connectivity index (χ1) is 27.3. The summed E-state index contributed by atoms with van der Waals surface area (Å²) in [5.74, 6) is 0.651. The number of carbonyl (C=O) groups is 4. The number of likely N-dealkylation sites (N-methyl/N-ethyl adjacent to an activating group) is 1. The highest BCUT2D eigenvalue weighted by Crippen LogP contribution is 2.28. The fourth-order valence-electron chi connectivity index (χ4n) is 6.41. The Morgan fingerprint density at radius 3 is 2.29 bits per heavy atom. The Morgan fingerprint density at radius 2 is 1.55 bits per heavy atom. The van der Waals surface area contributed by atoms with Gasteiger partial charge in [0.1, 0.15) is 24.1 Å². The van der Waals surface area contributed by atoms with Gasteiger partial charge in [-0.25, -0.2) is 0 Å². The molecular weight excluding hydrogens is 713 g/mol. The van der Waals surface area contributed by atoms with Crippen LogP contribution >= 0.6 is 0 Å². The van der Waals surface area contributed by atoms with E-state index in [4.69, 9.17) is 18.9 Å². The molecule has 4 aromatic carbocycles. The van der Waals surface area contributed by atoms with Crippen LogP contribution in [0.4, 0.5) is 0 Å². The van der Waals surface area contributed by atoms with Crippen LogP contribution in [0.1, 0.15) is 64.4 Å². The fourth-order valence-corrected chi connectivity index (χ4v) is 6.41. The standard InChI is InChI=1S/C44H52N4O8/c1-4-54-39-23-21-32(29-40(39)53-3)16-12-25-46-44(52)36-22-24-41(49)48(2)33(28-31-14-6-5-7-15-31)30-56-38-20-11-8-17-34(38)42(50)45-26-13-27-55-37-19-10-9-18-35(37)43(51)47-36/h5-11,14-15,17-21,23,29,33,36H,4,12-13,16,22,24-28,30H2,1-3H3,(H,45,50)(H,46,52)(H,47,51)/t33-,36-/m0/s1. The molecular formula is C44H52N4O8. The average Bonchev–Trinajstić information content (AvgIpc) is 3.22. The predicted molar refractivity (Wildman–Crippen MR) is 214 cm³/mol. The number of rotatable bonds is 10. The summed E-state index contributed by atoms with van der Waals surface area (Å²) >= 11 is 0. The second kappa shape index (κ2) is 21.2. The van der Waals surface area contributed by atoms with Crippen molar-refractivity contribution in [2.24, 2.45) is 0 Å². The molecule has 0 aromatic heterocycles. The summed E-state index contributed by atoms with van der Waals surface area (Å²) in [6.45, 7) is 3.46. The zero-order valence-corrected chi connectivity index (χ0v) is 32.4. The molecule has 0 aliphatic carbocycles. The SMILES string of the molecule is CCOc1ccc(CCCNC(=O)[C@@H]2CCC(=O)N(C)[C@@H](Cc3ccccc3)COc3ccccc3C(=O)NCCCOc3ccccc3C(=O)N2)cc1OC. The zero-order chi connectivity index (χ0) is 39.7. The van der Waals surface area contributed by atoms with E-state index in [1.165, 1.54) is 0 Å². The minimum atomic E-state index is -1.00. The summed E-state index contributed by atoms with van der Waals surface area (Å²) in [4.78, 5) is 56.2. The van der Waals surface area contributed by atoms with E-state index in [1.807, 2.05) is 55.5 Å². The molecule has 5 rings (SSSR count). The Morgan fingerprint density at radius 1 is 0.857 bits per heavy atom. The monoisotopic (exact) mass is 764 g/mol. The number of amides is 4. The van der Waals surface area contributed by atoms with Crippen molar-refractivity contribution in [3.05, 3.63) is 119 Å². The number of para-hydroxylation sites is 2. The van der Waals surface area contributed by atoms with E-state index in [2.05, 4.69) is 16.0 Å². The lowest BCUT2D eigenvalue weighted by Crippen LogP contribution is -2.48. The second-order valence-corrected chi connectivity index (χ2v) is 13.5. The van der Waals surface area contributed by atoms with Gasteiger partial charge in [-0.1, -0.05) is 60.7 Å². The largest absolute Gasteiger partial charge is 0.493 e. The van der Waals surface area contributed by atoms with Crippen molar-refractivity contribution >= 4 is 23.6 Å². The van der Waals surface area contributed by atoms with Crippen LogP contribution in [-0.2, 0) is 22.4 Å². The van der Waals surface area contributed by atoms with E-state index in [1.54, 1.807) is 67.6 Å². The summed E-state index contributed by atoms with van der Waals surface area (Å²) in [6.07, 6.45) is 2.31. The third-order valence-corrected chi connectivity index (χ3v) is 9.55. The van der Waals surface area contributed by atoms with Gasteiger partial charge in [-0.2, -0.15) is 0 Å². The van der Waals surface area contributed by atoms with Crippen molar-refractivity contribution in [2.75, 3.05) is 47.1 Å². The Balaban J connectivity index is 1.34. The topological polar surface area (TPSA) is 145 Å². The van der Waals surface area contributed by atoms with E-state index in [0.717, 1.165) is 11.1 Å². The van der Waals surface area contributed by atoms with Gasteiger partial charge in [0.25, 0.3) is 11.8 Å². The first-order valence-electron chi connectivity index (χ1n) is 19.2. The molecule has 12 nitrogen and oxygen atoms in total. The van der Waals surface area contributed by atoms with E-state index in [0.29, 0.717) is 73.9 Å². The highest BCUT2D eigenvalue weighted by molar-refractivity contribution is 6.00. The smallest absolute Gasteiger partial charge is 0.255 e. The van der Waals surface area contributed by atoms with Gasteiger partial charge >= 0.3 is 0 Å². The van der Waals surface area contributed by atoms with Crippen molar-refractivity contribution < 1.29 is 38.1 Å². The number of hydrogen-bond acceptors (Lipinski definition) is 8. The summed E-state index contributed by atoms with van der Waals surface area (Å²) in [7, 11) is 3.31.